The number of aliphatic hydroxyl groups excluding tert-OH is 1. The smallest absolute Gasteiger partial charge is 0.315 e. The minimum absolute atomic E-state index is 0.332. The topological polar surface area (TPSA) is 97.6 Å². The molecule has 8 nitrogen and oxygen atoms in total. The monoisotopic (exact) mass is 308 g/mol. The maximum Gasteiger partial charge on any atom is 0.315 e. The summed E-state index contributed by atoms with van der Waals surface area (Å²) in [6.45, 7) is 6.06. The number of hydrogen-bond acceptors (Lipinski definition) is 5. The summed E-state index contributed by atoms with van der Waals surface area (Å²) < 4.78 is 13.2. The van der Waals surface area contributed by atoms with Gasteiger partial charge in [0.15, 0.2) is 6.29 Å². The van der Waals surface area contributed by atoms with Gasteiger partial charge in [-0.05, 0) is 6.92 Å². The minimum Gasteiger partial charge on any atom is -0.388 e. The van der Waals surface area contributed by atoms with Crippen LogP contribution < -0.4 is 10.6 Å². The zero-order valence-corrected chi connectivity index (χ0v) is 12.3. The lowest BCUT2D eigenvalue weighted by Crippen LogP contribution is -2.60. The summed E-state index contributed by atoms with van der Waals surface area (Å²) in [6, 6.07) is -1.39. The lowest BCUT2D eigenvalue weighted by atomic mass is 9.96. The van der Waals surface area contributed by atoms with E-state index in [0.717, 1.165) is 5.82 Å². The van der Waals surface area contributed by atoms with Gasteiger partial charge in [0.25, 0.3) is 0 Å². The van der Waals surface area contributed by atoms with E-state index in [-0.39, 0.29) is 12.1 Å². The molecule has 3 N–H and O–H groups in total. The molecule has 2 fully saturated rings. The first kappa shape index (κ1) is 15.0. The fourth-order valence-corrected chi connectivity index (χ4v) is 2.95. The van der Waals surface area contributed by atoms with Crippen molar-refractivity contribution in [2.24, 2.45) is 0 Å². The van der Waals surface area contributed by atoms with Gasteiger partial charge in [0.2, 0.25) is 0 Å². The number of aromatic nitrogens is 2. The van der Waals surface area contributed by atoms with Crippen molar-refractivity contribution in [2.45, 2.75) is 37.5 Å². The molecule has 0 aromatic carbocycles. The number of aryl methyl sites for hydroxylation is 1. The number of aliphatic hydroxyl groups is 1. The molecule has 0 aliphatic carbocycles. The molecule has 22 heavy (non-hydrogen) atoms. The molecule has 2 amide bonds. The average molecular weight is 308 g/mol. The summed E-state index contributed by atoms with van der Waals surface area (Å²) in [7, 11) is 0. The van der Waals surface area contributed by atoms with E-state index in [2.05, 4.69) is 22.2 Å². The molecule has 1 aromatic rings. The van der Waals surface area contributed by atoms with Crippen LogP contribution >= 0.6 is 0 Å². The van der Waals surface area contributed by atoms with Crippen molar-refractivity contribution in [2.75, 3.05) is 13.2 Å². The quantitative estimate of drug-likeness (QED) is 0.664. The third-order valence-corrected chi connectivity index (χ3v) is 4.02. The van der Waals surface area contributed by atoms with Crippen molar-refractivity contribution in [1.82, 2.24) is 20.2 Å². The summed E-state index contributed by atoms with van der Waals surface area (Å²) >= 11 is 0. The Labute approximate surface area is 128 Å². The van der Waals surface area contributed by atoms with Crippen molar-refractivity contribution >= 4 is 6.03 Å². The van der Waals surface area contributed by atoms with Crippen LogP contribution in [0.2, 0.25) is 0 Å². The summed E-state index contributed by atoms with van der Waals surface area (Å²) in [4.78, 5) is 16.0. The molecule has 120 valence electrons. The third-order valence-electron chi connectivity index (χ3n) is 4.02. The molecule has 0 saturated carbocycles. The molecule has 0 radical (unpaired) electrons. The second kappa shape index (κ2) is 6.07. The van der Waals surface area contributed by atoms with Gasteiger partial charge in [-0.25, -0.2) is 9.78 Å². The van der Waals surface area contributed by atoms with Gasteiger partial charge >= 0.3 is 6.03 Å². The summed E-state index contributed by atoms with van der Waals surface area (Å²) in [5.74, 6) is 0.747. The van der Waals surface area contributed by atoms with E-state index in [1.54, 1.807) is 18.5 Å². The molecule has 2 saturated heterocycles. The first-order valence-electron chi connectivity index (χ1n) is 7.21. The highest BCUT2D eigenvalue weighted by Gasteiger charge is 2.51. The molecule has 3 rings (SSSR count). The van der Waals surface area contributed by atoms with Gasteiger partial charge in [0.05, 0.1) is 12.6 Å². The number of ether oxygens (including phenoxy) is 2. The van der Waals surface area contributed by atoms with Crippen molar-refractivity contribution in [3.05, 3.63) is 30.9 Å². The normalized spacial score (nSPS) is 33.5. The largest absolute Gasteiger partial charge is 0.388 e. The molecule has 3 heterocycles. The van der Waals surface area contributed by atoms with Crippen LogP contribution in [0.1, 0.15) is 11.9 Å². The number of rotatable bonds is 4. The number of hydrogen-bond donors (Lipinski definition) is 3. The van der Waals surface area contributed by atoms with Gasteiger partial charge < -0.3 is 29.8 Å². The number of nitrogens with one attached hydrogen (secondary N) is 2. The highest BCUT2D eigenvalue weighted by molar-refractivity contribution is 5.74. The minimum atomic E-state index is -0.839. The lowest BCUT2D eigenvalue weighted by Gasteiger charge is -2.39. The molecule has 2 bridgehead atoms. The summed E-state index contributed by atoms with van der Waals surface area (Å²) in [5.41, 5.74) is 0. The van der Waals surface area contributed by atoms with E-state index in [0.29, 0.717) is 13.2 Å². The van der Waals surface area contributed by atoms with Crippen LogP contribution in [0, 0.1) is 6.92 Å². The third kappa shape index (κ3) is 2.60. The molecule has 8 heteroatoms. The molecule has 0 spiro atoms. The molecular formula is C14H20N4O4. The van der Waals surface area contributed by atoms with Crippen LogP contribution in [-0.2, 0) is 9.47 Å². The van der Waals surface area contributed by atoms with E-state index < -0.39 is 24.5 Å². The lowest BCUT2D eigenvalue weighted by molar-refractivity contribution is -0.164. The van der Waals surface area contributed by atoms with E-state index in [1.165, 1.54) is 0 Å². The first-order valence-corrected chi connectivity index (χ1v) is 7.21. The van der Waals surface area contributed by atoms with Gasteiger partial charge in [-0.15, -0.1) is 6.58 Å². The fourth-order valence-electron chi connectivity index (χ4n) is 2.95. The van der Waals surface area contributed by atoms with E-state index in [1.807, 2.05) is 11.5 Å². The zero-order valence-electron chi connectivity index (χ0n) is 12.3. The van der Waals surface area contributed by atoms with E-state index in [9.17, 15) is 9.90 Å². The highest BCUT2D eigenvalue weighted by Crippen LogP contribution is 2.36. The van der Waals surface area contributed by atoms with Crippen LogP contribution in [0.25, 0.3) is 0 Å². The van der Waals surface area contributed by atoms with Crippen LogP contribution in [-0.4, -0.2) is 58.4 Å². The SMILES string of the molecule is C=CCNC(=O)NC1C2COC(O2)C(n2ccnc2C)C1O. The van der Waals surface area contributed by atoms with Crippen LogP contribution in [0.5, 0.6) is 0 Å². The van der Waals surface area contributed by atoms with Crippen LogP contribution in [0.4, 0.5) is 4.79 Å². The number of amides is 2. The zero-order chi connectivity index (χ0) is 15.7. The Bertz CT molecular complexity index is 561. The molecular weight excluding hydrogens is 288 g/mol. The number of fused-ring (bicyclic) bond motifs is 2. The molecule has 5 unspecified atom stereocenters. The number of nitrogens with zero attached hydrogens (tertiary/aromatic N) is 2. The molecule has 5 atom stereocenters. The Kier molecular flexibility index (Phi) is 4.14. The number of imidazole rings is 1. The predicted molar refractivity (Wildman–Crippen MR) is 77.1 cm³/mol. The second-order valence-electron chi connectivity index (χ2n) is 5.41. The maximum absolute atomic E-state index is 11.9. The Hall–Kier alpha value is -1.90. The Morgan fingerprint density at radius 3 is 3.18 bits per heavy atom. The van der Waals surface area contributed by atoms with Crippen molar-refractivity contribution in [1.29, 1.82) is 0 Å². The average Bonchev–Trinajstić information content (AvgIpc) is 3.10. The standard InChI is InChI=1S/C14H20N4O4/c1-3-4-16-14(20)17-10-9-7-21-13(22-9)11(12(10)19)18-6-5-15-8(18)2/h3,5-6,9-13,19H,1,4,7H2,2H3,(H2,16,17,20). The first-order chi connectivity index (χ1) is 10.6. The van der Waals surface area contributed by atoms with Crippen LogP contribution in [0.3, 0.4) is 0 Å². The molecule has 2 aliphatic heterocycles. The van der Waals surface area contributed by atoms with Gasteiger partial charge in [-0.2, -0.15) is 0 Å². The Morgan fingerprint density at radius 2 is 2.50 bits per heavy atom. The van der Waals surface area contributed by atoms with Crippen molar-refractivity contribution in [3.63, 3.8) is 0 Å². The number of carbonyl (C=O) groups is 1. The van der Waals surface area contributed by atoms with E-state index in [4.69, 9.17) is 9.47 Å². The summed E-state index contributed by atoms with van der Waals surface area (Å²) in [5, 5.41) is 16.1. The van der Waals surface area contributed by atoms with Crippen molar-refractivity contribution < 1.29 is 19.4 Å². The molecule has 1 aromatic heterocycles. The van der Waals surface area contributed by atoms with Gasteiger partial charge in [0.1, 0.15) is 24.1 Å². The highest BCUT2D eigenvalue weighted by atomic mass is 16.7. The molecule has 2 aliphatic rings. The fraction of sp³-hybridized carbons (Fsp3) is 0.571. The van der Waals surface area contributed by atoms with Gasteiger partial charge in [-0.1, -0.05) is 6.08 Å². The van der Waals surface area contributed by atoms with Crippen molar-refractivity contribution in [3.8, 4) is 0 Å². The van der Waals surface area contributed by atoms with E-state index >= 15 is 0 Å². The Balaban J connectivity index is 1.78. The number of urea groups is 1. The summed E-state index contributed by atoms with van der Waals surface area (Å²) in [6.07, 6.45) is 3.26. The Morgan fingerprint density at radius 1 is 1.68 bits per heavy atom. The van der Waals surface area contributed by atoms with Crippen LogP contribution in [0.15, 0.2) is 25.0 Å². The van der Waals surface area contributed by atoms with Gasteiger partial charge in [-0.3, -0.25) is 0 Å². The maximum atomic E-state index is 11.9. The van der Waals surface area contributed by atoms with Gasteiger partial charge in [0, 0.05) is 18.9 Å². The number of carbonyl (C=O) groups excluding carboxylic acids is 1. The second-order valence-corrected chi connectivity index (χ2v) is 5.41. The predicted octanol–water partition coefficient (Wildman–Crippen LogP) is -0.298.